The number of halogens is 1. The van der Waals surface area contributed by atoms with Gasteiger partial charge in [0.05, 0.1) is 10.9 Å². The summed E-state index contributed by atoms with van der Waals surface area (Å²) in [7, 11) is 1.83. The van der Waals surface area contributed by atoms with Crippen LogP contribution in [0.3, 0.4) is 0 Å². The van der Waals surface area contributed by atoms with Gasteiger partial charge in [0.2, 0.25) is 5.91 Å². The number of amides is 1. The van der Waals surface area contributed by atoms with Crippen molar-refractivity contribution in [2.45, 2.75) is 0 Å². The van der Waals surface area contributed by atoms with Crippen LogP contribution in [-0.4, -0.2) is 26.0 Å². The third kappa shape index (κ3) is 1.85. The zero-order valence-electron chi connectivity index (χ0n) is 7.79. The molecule has 1 saturated heterocycles. The monoisotopic (exact) mass is 274 g/mol. The van der Waals surface area contributed by atoms with Gasteiger partial charge in [0.25, 0.3) is 0 Å². The Balaban J connectivity index is 2.07. The van der Waals surface area contributed by atoms with Crippen molar-refractivity contribution >= 4 is 38.2 Å². The fraction of sp³-hybridized carbons (Fsp3) is 0.444. The van der Waals surface area contributed by atoms with E-state index in [2.05, 4.69) is 21.2 Å². The molecule has 1 amide bonds. The molecule has 1 N–H and O–H groups in total. The highest BCUT2D eigenvalue weighted by Crippen LogP contribution is 2.28. The highest BCUT2D eigenvalue weighted by atomic mass is 79.9. The number of nitrogens with zero attached hydrogens (tertiary/aromatic N) is 1. The molecule has 1 aromatic heterocycles. The molecule has 14 heavy (non-hydrogen) atoms. The lowest BCUT2D eigenvalue weighted by Gasteiger charge is -2.29. The van der Waals surface area contributed by atoms with E-state index in [1.54, 1.807) is 16.2 Å². The maximum Gasteiger partial charge on any atom is 0.233 e. The molecular formula is C9H11BrN2OS. The second kappa shape index (κ2) is 4.00. The summed E-state index contributed by atoms with van der Waals surface area (Å²) >= 11 is 4.95. The van der Waals surface area contributed by atoms with E-state index < -0.39 is 0 Å². The number of hydrogen-bond donors (Lipinski definition) is 1. The molecule has 0 aliphatic carbocycles. The van der Waals surface area contributed by atoms with Crippen LogP contribution in [0.1, 0.15) is 0 Å². The van der Waals surface area contributed by atoms with Crippen LogP contribution in [0.2, 0.25) is 0 Å². The van der Waals surface area contributed by atoms with Gasteiger partial charge in [-0.05, 0) is 22.0 Å². The predicted molar refractivity (Wildman–Crippen MR) is 61.8 cm³/mol. The average Bonchev–Trinajstić information content (AvgIpc) is 2.47. The number of anilines is 1. The molecule has 0 bridgehead atoms. The van der Waals surface area contributed by atoms with Gasteiger partial charge in [0.15, 0.2) is 0 Å². The molecule has 3 nitrogen and oxygen atoms in total. The number of carbonyl (C=O) groups excluding carboxylic acids is 1. The molecule has 0 aromatic carbocycles. The number of nitrogens with one attached hydrogen (secondary N) is 1. The Hall–Kier alpha value is -0.390. The van der Waals surface area contributed by atoms with Gasteiger partial charge in [-0.15, -0.1) is 11.3 Å². The van der Waals surface area contributed by atoms with Crippen molar-refractivity contribution in [1.82, 2.24) is 5.32 Å². The highest BCUT2D eigenvalue weighted by molar-refractivity contribution is 9.10. The summed E-state index contributed by atoms with van der Waals surface area (Å²) in [6.45, 7) is 1.63. The summed E-state index contributed by atoms with van der Waals surface area (Å²) in [4.78, 5) is 13.5. The van der Waals surface area contributed by atoms with Crippen LogP contribution in [0.4, 0.5) is 5.00 Å². The minimum atomic E-state index is 0.167. The fourth-order valence-corrected chi connectivity index (χ4v) is 2.72. The van der Waals surface area contributed by atoms with Crippen molar-refractivity contribution in [3.8, 4) is 0 Å². The van der Waals surface area contributed by atoms with Crippen LogP contribution >= 0.6 is 27.3 Å². The highest BCUT2D eigenvalue weighted by Gasteiger charge is 2.28. The standard InChI is InChI=1S/C9H11BrN2OS/c1-12(8-2-7(10)5-14-8)9(13)6-3-11-4-6/h2,5-6,11H,3-4H2,1H3. The van der Waals surface area contributed by atoms with E-state index in [0.29, 0.717) is 0 Å². The first-order chi connectivity index (χ1) is 6.68. The van der Waals surface area contributed by atoms with Crippen molar-refractivity contribution in [3.63, 3.8) is 0 Å². The van der Waals surface area contributed by atoms with Crippen molar-refractivity contribution in [1.29, 1.82) is 0 Å². The number of carbonyl (C=O) groups is 1. The van der Waals surface area contributed by atoms with Gasteiger partial charge in [-0.1, -0.05) is 0 Å². The van der Waals surface area contributed by atoms with E-state index in [9.17, 15) is 4.79 Å². The maximum absolute atomic E-state index is 11.8. The SMILES string of the molecule is CN(C(=O)C1CNC1)c1cc(Br)cs1. The molecule has 1 aromatic rings. The first-order valence-electron chi connectivity index (χ1n) is 4.41. The molecule has 1 fully saturated rings. The molecule has 1 aliphatic heterocycles. The second-order valence-electron chi connectivity index (χ2n) is 3.36. The van der Waals surface area contributed by atoms with Crippen molar-refractivity contribution in [2.24, 2.45) is 5.92 Å². The average molecular weight is 275 g/mol. The lowest BCUT2D eigenvalue weighted by molar-refractivity contribution is -0.123. The van der Waals surface area contributed by atoms with E-state index in [1.165, 1.54) is 0 Å². The molecule has 1 aliphatic rings. The Morgan fingerprint density at radius 3 is 2.86 bits per heavy atom. The quantitative estimate of drug-likeness (QED) is 0.891. The Kier molecular flexibility index (Phi) is 2.90. The summed E-state index contributed by atoms with van der Waals surface area (Å²) < 4.78 is 1.03. The van der Waals surface area contributed by atoms with Crippen LogP contribution in [0.15, 0.2) is 15.9 Å². The smallest absolute Gasteiger partial charge is 0.233 e. The largest absolute Gasteiger partial charge is 0.315 e. The maximum atomic E-state index is 11.8. The molecule has 0 unspecified atom stereocenters. The predicted octanol–water partition coefficient (Wildman–Crippen LogP) is 1.69. The van der Waals surface area contributed by atoms with Crippen LogP contribution in [0.25, 0.3) is 0 Å². The summed E-state index contributed by atoms with van der Waals surface area (Å²) in [5, 5.41) is 6.08. The van der Waals surface area contributed by atoms with Gasteiger partial charge in [0.1, 0.15) is 0 Å². The third-order valence-electron chi connectivity index (χ3n) is 2.35. The van der Waals surface area contributed by atoms with Gasteiger partial charge in [-0.25, -0.2) is 0 Å². The van der Waals surface area contributed by atoms with Crippen molar-refractivity contribution in [3.05, 3.63) is 15.9 Å². The number of thiophene rings is 1. The summed E-state index contributed by atoms with van der Waals surface area (Å²) in [5.74, 6) is 0.374. The van der Waals surface area contributed by atoms with Crippen molar-refractivity contribution in [2.75, 3.05) is 25.0 Å². The number of hydrogen-bond acceptors (Lipinski definition) is 3. The van der Waals surface area contributed by atoms with Gasteiger partial charge in [-0.2, -0.15) is 0 Å². The summed E-state index contributed by atoms with van der Waals surface area (Å²) in [6, 6.07) is 1.97. The Labute approximate surface area is 95.2 Å². The van der Waals surface area contributed by atoms with Crippen molar-refractivity contribution < 1.29 is 4.79 Å². The van der Waals surface area contributed by atoms with E-state index in [0.717, 1.165) is 22.6 Å². The molecule has 0 spiro atoms. The fourth-order valence-electron chi connectivity index (χ4n) is 1.32. The van der Waals surface area contributed by atoms with E-state index >= 15 is 0 Å². The van der Waals surface area contributed by atoms with Crippen LogP contribution in [0, 0.1) is 5.92 Å². The molecule has 2 rings (SSSR count). The minimum Gasteiger partial charge on any atom is -0.315 e. The topological polar surface area (TPSA) is 32.3 Å². The normalized spacial score (nSPS) is 16.4. The van der Waals surface area contributed by atoms with E-state index in [1.807, 2.05) is 18.5 Å². The van der Waals surface area contributed by atoms with Crippen LogP contribution in [0.5, 0.6) is 0 Å². The second-order valence-corrected chi connectivity index (χ2v) is 5.16. The molecule has 0 radical (unpaired) electrons. The molecular weight excluding hydrogens is 264 g/mol. The third-order valence-corrected chi connectivity index (χ3v) is 4.11. The number of rotatable bonds is 2. The van der Waals surface area contributed by atoms with Gasteiger partial charge < -0.3 is 10.2 Å². The zero-order chi connectivity index (χ0) is 10.1. The molecule has 76 valence electrons. The Morgan fingerprint density at radius 2 is 2.43 bits per heavy atom. The van der Waals surface area contributed by atoms with E-state index in [4.69, 9.17) is 0 Å². The van der Waals surface area contributed by atoms with Gasteiger partial charge >= 0.3 is 0 Å². The van der Waals surface area contributed by atoms with Gasteiger partial charge in [-0.3, -0.25) is 4.79 Å². The minimum absolute atomic E-state index is 0.167. The van der Waals surface area contributed by atoms with E-state index in [-0.39, 0.29) is 11.8 Å². The van der Waals surface area contributed by atoms with Crippen LogP contribution in [-0.2, 0) is 4.79 Å². The Morgan fingerprint density at radius 1 is 1.71 bits per heavy atom. The molecule has 0 atom stereocenters. The Bertz CT molecular complexity index is 348. The summed E-state index contributed by atoms with van der Waals surface area (Å²) in [5.41, 5.74) is 0. The lowest BCUT2D eigenvalue weighted by atomic mass is 10.0. The zero-order valence-corrected chi connectivity index (χ0v) is 10.2. The summed E-state index contributed by atoms with van der Waals surface area (Å²) in [6.07, 6.45) is 0. The first kappa shape index (κ1) is 10.1. The van der Waals surface area contributed by atoms with Crippen LogP contribution < -0.4 is 10.2 Å². The van der Waals surface area contributed by atoms with Gasteiger partial charge in [0, 0.05) is 30.0 Å². The molecule has 2 heterocycles. The molecule has 0 saturated carbocycles. The molecule has 5 heteroatoms. The lowest BCUT2D eigenvalue weighted by Crippen LogP contribution is -2.51. The first-order valence-corrected chi connectivity index (χ1v) is 6.08.